The highest BCUT2D eigenvalue weighted by Crippen LogP contribution is 2.40. The van der Waals surface area contributed by atoms with Crippen LogP contribution in [0.2, 0.25) is 0 Å². The van der Waals surface area contributed by atoms with Crippen LogP contribution in [0.5, 0.6) is 0 Å². The van der Waals surface area contributed by atoms with Crippen molar-refractivity contribution in [2.24, 2.45) is 0 Å². The summed E-state index contributed by atoms with van der Waals surface area (Å²) in [4.78, 5) is 75.9. The number of urea groups is 2. The summed E-state index contributed by atoms with van der Waals surface area (Å²) in [6.45, 7) is 2.09. The van der Waals surface area contributed by atoms with E-state index in [1.807, 2.05) is 0 Å². The van der Waals surface area contributed by atoms with E-state index in [4.69, 9.17) is 9.15 Å². The van der Waals surface area contributed by atoms with E-state index in [1.54, 1.807) is 6.92 Å². The lowest BCUT2D eigenvalue weighted by Gasteiger charge is -2.49. The van der Waals surface area contributed by atoms with Crippen LogP contribution in [0.1, 0.15) is 18.7 Å². The first-order valence-electron chi connectivity index (χ1n) is 11.2. The molecule has 1 aromatic heterocycles. The fourth-order valence-corrected chi connectivity index (χ4v) is 5.29. The monoisotopic (exact) mass is 536 g/mol. The number of hydrogen-bond donors (Lipinski definition) is 5. The molecular weight excluding hydrogens is 512 g/mol. The molecule has 198 valence electrons. The molecular formula is C21H24N6O9S. The first-order valence-corrected chi connectivity index (χ1v) is 12.3. The number of carboxylic acid groups (broad SMARTS) is 1. The summed E-state index contributed by atoms with van der Waals surface area (Å²) in [6, 6.07) is -0.923. The molecule has 3 aliphatic rings. The number of nitrogens with one attached hydrogen (secondary N) is 4. The van der Waals surface area contributed by atoms with Crippen molar-refractivity contribution < 1.29 is 43.0 Å². The number of carbonyl (C=O) groups is 6. The van der Waals surface area contributed by atoms with Gasteiger partial charge in [0.1, 0.15) is 29.5 Å². The Morgan fingerprint density at radius 2 is 2.11 bits per heavy atom. The maximum atomic E-state index is 13.1. The summed E-state index contributed by atoms with van der Waals surface area (Å²) in [5.74, 6) is -2.62. The van der Waals surface area contributed by atoms with Gasteiger partial charge in [0.25, 0.3) is 11.8 Å². The molecule has 0 radical (unpaired) electrons. The second-order valence-corrected chi connectivity index (χ2v) is 9.15. The number of carboxylic acids is 1. The molecule has 0 aliphatic carbocycles. The smallest absolute Gasteiger partial charge is 0.407 e. The minimum atomic E-state index is -1.37. The Morgan fingerprint density at radius 1 is 1.32 bits per heavy atom. The summed E-state index contributed by atoms with van der Waals surface area (Å²) < 4.78 is 10.3. The normalized spacial score (nSPS) is 21.4. The third-order valence-corrected chi connectivity index (χ3v) is 7.05. The summed E-state index contributed by atoms with van der Waals surface area (Å²) in [5, 5.41) is 18.9. The zero-order valence-corrected chi connectivity index (χ0v) is 20.3. The molecule has 37 heavy (non-hydrogen) atoms. The number of aliphatic carboxylic acids is 1. The van der Waals surface area contributed by atoms with E-state index < -0.39 is 53.4 Å². The van der Waals surface area contributed by atoms with Crippen LogP contribution in [-0.2, 0) is 19.1 Å². The van der Waals surface area contributed by atoms with Gasteiger partial charge >= 0.3 is 24.1 Å². The molecule has 4 rings (SSSR count). The molecule has 3 atom stereocenters. The molecule has 2 fully saturated rings. The van der Waals surface area contributed by atoms with Gasteiger partial charge in [0.2, 0.25) is 0 Å². The first kappa shape index (κ1) is 25.9. The van der Waals surface area contributed by atoms with Crippen molar-refractivity contribution in [2.45, 2.75) is 24.4 Å². The van der Waals surface area contributed by atoms with Crippen molar-refractivity contribution in [1.29, 1.82) is 0 Å². The van der Waals surface area contributed by atoms with Gasteiger partial charge in [-0.05, 0) is 19.1 Å². The number of carbonyl (C=O) groups excluding carboxylic acids is 5. The molecule has 0 saturated carbocycles. The van der Waals surface area contributed by atoms with E-state index in [0.717, 1.165) is 9.80 Å². The lowest BCUT2D eigenvalue weighted by atomic mass is 10.0. The van der Waals surface area contributed by atoms with Crippen molar-refractivity contribution in [2.75, 3.05) is 32.0 Å². The standard InChI is InChI=1S/C21H24N6O9S/c1-2-22-21(34)36-8-10-9-37-17-13(16(29)27(17)14(10)18(30)31)24-15(28)12(11-4-3-7-35-11)25-20(33)26-6-5-23-19(26)32/h3-4,7,12-13,17H,2,5-6,8-9H2,1H3,(H,22,34)(H,23,32)(H,24,28)(H,25,33)(H,30,31)/t12?,13?,17-/m0/s1. The van der Waals surface area contributed by atoms with Gasteiger partial charge in [0.05, 0.1) is 6.26 Å². The zero-order chi connectivity index (χ0) is 26.7. The van der Waals surface area contributed by atoms with E-state index in [-0.39, 0.29) is 42.5 Å². The number of rotatable bonds is 8. The number of nitrogens with zero attached hydrogens (tertiary/aromatic N) is 2. The highest BCUT2D eigenvalue weighted by molar-refractivity contribution is 8.00. The van der Waals surface area contributed by atoms with Gasteiger partial charge in [-0.3, -0.25) is 14.5 Å². The molecule has 0 spiro atoms. The largest absolute Gasteiger partial charge is 0.477 e. The SMILES string of the molecule is CCNC(=O)OCC1=C(C(=O)O)N2C(=O)C(NC(=O)C(NC(=O)N3CCNC3=O)c3ccco3)[C@@H]2SC1. The van der Waals surface area contributed by atoms with Gasteiger partial charge in [-0.25, -0.2) is 24.1 Å². The number of amides is 7. The molecule has 0 bridgehead atoms. The summed E-state index contributed by atoms with van der Waals surface area (Å²) >= 11 is 1.19. The second kappa shape index (κ2) is 10.8. The Hall–Kier alpha value is -4.21. The Morgan fingerprint density at radius 3 is 2.73 bits per heavy atom. The van der Waals surface area contributed by atoms with Crippen LogP contribution in [0.25, 0.3) is 0 Å². The second-order valence-electron chi connectivity index (χ2n) is 8.04. The molecule has 4 heterocycles. The van der Waals surface area contributed by atoms with E-state index in [0.29, 0.717) is 6.54 Å². The van der Waals surface area contributed by atoms with E-state index >= 15 is 0 Å². The van der Waals surface area contributed by atoms with Crippen LogP contribution < -0.4 is 21.3 Å². The molecule has 15 nitrogen and oxygen atoms in total. The molecule has 0 aromatic carbocycles. The van der Waals surface area contributed by atoms with Crippen molar-refractivity contribution in [1.82, 2.24) is 31.1 Å². The number of fused-ring (bicyclic) bond motifs is 1. The quantitative estimate of drug-likeness (QED) is 0.271. The van der Waals surface area contributed by atoms with Gasteiger partial charge in [-0.2, -0.15) is 0 Å². The number of alkyl carbamates (subject to hydrolysis) is 1. The van der Waals surface area contributed by atoms with Crippen molar-refractivity contribution in [3.8, 4) is 0 Å². The fourth-order valence-electron chi connectivity index (χ4n) is 3.97. The molecule has 3 aliphatic heterocycles. The minimum absolute atomic E-state index is 0.0706. The zero-order valence-electron chi connectivity index (χ0n) is 19.5. The number of thioether (sulfide) groups is 1. The average molecular weight is 537 g/mol. The molecule has 16 heteroatoms. The topological polar surface area (TPSA) is 200 Å². The lowest BCUT2D eigenvalue weighted by molar-refractivity contribution is -0.151. The maximum Gasteiger partial charge on any atom is 0.407 e. The van der Waals surface area contributed by atoms with Crippen LogP contribution in [0, 0.1) is 0 Å². The van der Waals surface area contributed by atoms with Gasteiger partial charge in [0.15, 0.2) is 6.04 Å². The van der Waals surface area contributed by atoms with Crippen LogP contribution in [-0.4, -0.2) is 94.3 Å². The van der Waals surface area contributed by atoms with E-state index in [1.165, 1.54) is 30.2 Å². The Kier molecular flexibility index (Phi) is 7.56. The fraction of sp³-hybridized carbons (Fsp3) is 0.429. The molecule has 5 N–H and O–H groups in total. The Bertz CT molecular complexity index is 1150. The number of β-lactam (4-membered cyclic amide) rings is 1. The predicted molar refractivity (Wildman–Crippen MR) is 125 cm³/mol. The third kappa shape index (κ3) is 5.18. The molecule has 2 saturated heterocycles. The van der Waals surface area contributed by atoms with Gasteiger partial charge in [0, 0.05) is 31.0 Å². The van der Waals surface area contributed by atoms with Gasteiger partial charge in [-0.15, -0.1) is 11.8 Å². The summed E-state index contributed by atoms with van der Waals surface area (Å²) in [5.41, 5.74) is -0.0674. The van der Waals surface area contributed by atoms with E-state index in [2.05, 4.69) is 21.3 Å². The number of imide groups is 1. The molecule has 7 amide bonds. The highest BCUT2D eigenvalue weighted by atomic mass is 32.2. The van der Waals surface area contributed by atoms with Crippen molar-refractivity contribution >= 4 is 47.7 Å². The Balaban J connectivity index is 1.46. The van der Waals surface area contributed by atoms with Crippen LogP contribution in [0.15, 0.2) is 34.1 Å². The Labute approximate surface area is 213 Å². The van der Waals surface area contributed by atoms with Crippen LogP contribution in [0.4, 0.5) is 14.4 Å². The highest BCUT2D eigenvalue weighted by Gasteiger charge is 2.54. The van der Waals surface area contributed by atoms with Gasteiger partial charge in [-0.1, -0.05) is 0 Å². The molecule has 2 unspecified atom stereocenters. The predicted octanol–water partition coefficient (Wildman–Crippen LogP) is -0.460. The minimum Gasteiger partial charge on any atom is -0.477 e. The van der Waals surface area contributed by atoms with Gasteiger partial charge < -0.3 is 35.5 Å². The lowest BCUT2D eigenvalue weighted by Crippen LogP contribution is -2.71. The van der Waals surface area contributed by atoms with E-state index in [9.17, 15) is 33.9 Å². The number of furan rings is 1. The first-order chi connectivity index (χ1) is 17.7. The van der Waals surface area contributed by atoms with Crippen molar-refractivity contribution in [3.63, 3.8) is 0 Å². The van der Waals surface area contributed by atoms with Crippen molar-refractivity contribution in [3.05, 3.63) is 35.4 Å². The third-order valence-electron chi connectivity index (χ3n) is 5.71. The number of ether oxygens (including phenoxy) is 1. The van der Waals surface area contributed by atoms with Crippen LogP contribution >= 0.6 is 11.8 Å². The number of hydrogen-bond acceptors (Lipinski definition) is 9. The summed E-state index contributed by atoms with van der Waals surface area (Å²) in [6.07, 6.45) is 0.579. The molecule has 1 aromatic rings. The summed E-state index contributed by atoms with van der Waals surface area (Å²) in [7, 11) is 0. The maximum absolute atomic E-state index is 13.1. The average Bonchev–Trinajstić information content (AvgIpc) is 3.55. The van der Waals surface area contributed by atoms with Crippen LogP contribution in [0.3, 0.4) is 0 Å².